The number of thiazole rings is 1. The number of carbonyl (C=O) groups excluding carboxylic acids is 1. The third-order valence-corrected chi connectivity index (χ3v) is 6.21. The zero-order valence-electron chi connectivity index (χ0n) is 15.8. The highest BCUT2D eigenvalue weighted by Crippen LogP contribution is 2.39. The topological polar surface area (TPSA) is 154 Å². The number of nitro groups is 2. The van der Waals surface area contributed by atoms with Gasteiger partial charge in [0.05, 0.1) is 37.4 Å². The highest BCUT2D eigenvalue weighted by atomic mass is 32.2. The van der Waals surface area contributed by atoms with Crippen LogP contribution in [0.3, 0.4) is 0 Å². The van der Waals surface area contributed by atoms with Crippen molar-refractivity contribution in [3.63, 3.8) is 0 Å². The quantitative estimate of drug-likeness (QED) is 0.234. The summed E-state index contributed by atoms with van der Waals surface area (Å²) in [6, 6.07) is 11.8. The molecule has 160 valence electrons. The first-order valence-electron chi connectivity index (χ1n) is 8.79. The number of nitrogens with zero attached hydrogens (tertiary/aromatic N) is 4. The molecule has 2 heterocycles. The molecule has 4 aromatic rings. The number of furan rings is 1. The lowest BCUT2D eigenvalue weighted by Gasteiger charge is -2.02. The summed E-state index contributed by atoms with van der Waals surface area (Å²) in [5.41, 5.74) is 3.03. The van der Waals surface area contributed by atoms with Crippen molar-refractivity contribution in [3.8, 4) is 0 Å². The lowest BCUT2D eigenvalue weighted by molar-refractivity contribution is -0.387. The Morgan fingerprint density at radius 3 is 2.72 bits per heavy atom. The fourth-order valence-electron chi connectivity index (χ4n) is 2.62. The van der Waals surface area contributed by atoms with Gasteiger partial charge >= 0.3 is 5.91 Å². The molecule has 0 atom stereocenters. The Labute approximate surface area is 187 Å². The summed E-state index contributed by atoms with van der Waals surface area (Å²) in [7, 11) is 0. The second-order valence-corrected chi connectivity index (χ2v) is 8.47. The zero-order valence-corrected chi connectivity index (χ0v) is 17.5. The number of hydrogen-bond donors (Lipinski definition) is 1. The molecule has 0 aliphatic rings. The fourth-order valence-corrected chi connectivity index (χ4v) is 4.76. The summed E-state index contributed by atoms with van der Waals surface area (Å²) in [5, 5.41) is 26.3. The number of nitro benzene ring substituents is 2. The van der Waals surface area contributed by atoms with E-state index in [-0.39, 0.29) is 17.1 Å². The van der Waals surface area contributed by atoms with E-state index in [2.05, 4.69) is 15.5 Å². The molecule has 0 aliphatic carbocycles. The number of benzene rings is 2. The van der Waals surface area contributed by atoms with Gasteiger partial charge in [-0.1, -0.05) is 17.8 Å². The van der Waals surface area contributed by atoms with Gasteiger partial charge in [0.25, 0.3) is 11.4 Å². The lowest BCUT2D eigenvalue weighted by atomic mass is 10.2. The minimum Gasteiger partial charge on any atom is -0.459 e. The standard InChI is InChI=1S/C19H11N5O6S2/c25-18(15-2-1-7-30-15)22-20-10-11-3-6-16(14(8-11)24(28)29)31-19-21-13-5-4-12(23(26)27)9-17(13)32-19/h1-10H,(H,22,25). The highest BCUT2D eigenvalue weighted by molar-refractivity contribution is 8.01. The van der Waals surface area contributed by atoms with Gasteiger partial charge in [-0.2, -0.15) is 5.10 Å². The molecule has 32 heavy (non-hydrogen) atoms. The first kappa shape index (κ1) is 21.1. The van der Waals surface area contributed by atoms with E-state index in [9.17, 15) is 25.0 Å². The van der Waals surface area contributed by atoms with Crippen LogP contribution < -0.4 is 5.43 Å². The van der Waals surface area contributed by atoms with Gasteiger partial charge < -0.3 is 4.42 Å². The average Bonchev–Trinajstić information content (AvgIpc) is 3.43. The molecule has 1 amide bonds. The number of nitrogens with one attached hydrogen (secondary N) is 1. The number of carbonyl (C=O) groups is 1. The molecule has 0 aliphatic heterocycles. The minimum absolute atomic E-state index is 0.0496. The Hall–Kier alpha value is -4.10. The van der Waals surface area contributed by atoms with Gasteiger partial charge in [0.2, 0.25) is 0 Å². The van der Waals surface area contributed by atoms with Gasteiger partial charge in [-0.15, -0.1) is 11.3 Å². The monoisotopic (exact) mass is 469 g/mol. The predicted octanol–water partition coefficient (Wildman–Crippen LogP) is 4.62. The van der Waals surface area contributed by atoms with Crippen LogP contribution in [0.15, 0.2) is 73.5 Å². The summed E-state index contributed by atoms with van der Waals surface area (Å²) < 4.78 is 6.07. The zero-order chi connectivity index (χ0) is 22.7. The molecule has 0 saturated carbocycles. The SMILES string of the molecule is O=C(NN=Cc1ccc(Sc2nc3ccc([N+](=O)[O-])cc3s2)c([N+](=O)[O-])c1)c1ccco1. The second-order valence-electron chi connectivity index (χ2n) is 6.15. The molecular formula is C19H11N5O6S2. The Kier molecular flexibility index (Phi) is 5.91. The number of fused-ring (bicyclic) bond motifs is 1. The second kappa shape index (κ2) is 8.95. The first-order chi connectivity index (χ1) is 15.4. The number of amides is 1. The van der Waals surface area contributed by atoms with Gasteiger partial charge in [-0.25, -0.2) is 10.4 Å². The number of aromatic nitrogens is 1. The number of non-ortho nitro benzene ring substituents is 1. The lowest BCUT2D eigenvalue weighted by Crippen LogP contribution is -2.16. The Morgan fingerprint density at radius 2 is 2.00 bits per heavy atom. The molecular weight excluding hydrogens is 458 g/mol. The Morgan fingerprint density at radius 1 is 1.16 bits per heavy atom. The summed E-state index contributed by atoms with van der Waals surface area (Å²) in [4.78, 5) is 38.0. The molecule has 4 rings (SSSR count). The Bertz CT molecular complexity index is 1370. The minimum atomic E-state index is -0.552. The van der Waals surface area contributed by atoms with Gasteiger partial charge in [-0.3, -0.25) is 25.0 Å². The molecule has 0 radical (unpaired) electrons. The van der Waals surface area contributed by atoms with Crippen molar-refractivity contribution in [1.29, 1.82) is 0 Å². The van der Waals surface area contributed by atoms with Crippen molar-refractivity contribution in [2.45, 2.75) is 9.24 Å². The third-order valence-electron chi connectivity index (χ3n) is 4.06. The maximum absolute atomic E-state index is 11.8. The third kappa shape index (κ3) is 4.63. The van der Waals surface area contributed by atoms with Gasteiger partial charge in [0, 0.05) is 23.8 Å². The molecule has 13 heteroatoms. The molecule has 0 bridgehead atoms. The maximum atomic E-state index is 11.8. The fraction of sp³-hybridized carbons (Fsp3) is 0. The maximum Gasteiger partial charge on any atom is 0.307 e. The van der Waals surface area contributed by atoms with E-state index in [1.165, 1.54) is 48.1 Å². The molecule has 0 unspecified atom stereocenters. The molecule has 2 aromatic heterocycles. The normalized spacial score (nSPS) is 11.1. The first-order valence-corrected chi connectivity index (χ1v) is 10.4. The van der Waals surface area contributed by atoms with Crippen molar-refractivity contribution >= 4 is 56.8 Å². The van der Waals surface area contributed by atoms with Crippen molar-refractivity contribution in [2.75, 3.05) is 0 Å². The molecule has 0 saturated heterocycles. The van der Waals surface area contributed by atoms with Crippen LogP contribution in [0.4, 0.5) is 11.4 Å². The van der Waals surface area contributed by atoms with E-state index in [0.717, 1.165) is 11.8 Å². The van der Waals surface area contributed by atoms with Crippen LogP contribution in [0.5, 0.6) is 0 Å². The molecule has 2 aromatic carbocycles. The van der Waals surface area contributed by atoms with E-state index >= 15 is 0 Å². The van der Waals surface area contributed by atoms with Crippen LogP contribution in [0, 0.1) is 20.2 Å². The number of hydrazone groups is 1. The number of hydrogen-bond acceptors (Lipinski definition) is 10. The highest BCUT2D eigenvalue weighted by Gasteiger charge is 2.18. The van der Waals surface area contributed by atoms with Gasteiger partial charge in [0.15, 0.2) is 10.1 Å². The summed E-state index contributed by atoms with van der Waals surface area (Å²) in [6.07, 6.45) is 2.63. The Balaban J connectivity index is 1.53. The van der Waals surface area contributed by atoms with E-state index in [4.69, 9.17) is 4.42 Å². The van der Waals surface area contributed by atoms with Gasteiger partial charge in [-0.05, 0) is 24.3 Å². The van der Waals surface area contributed by atoms with Crippen LogP contribution in [-0.4, -0.2) is 27.0 Å². The van der Waals surface area contributed by atoms with E-state index in [1.807, 2.05) is 0 Å². The molecule has 0 spiro atoms. The smallest absolute Gasteiger partial charge is 0.307 e. The van der Waals surface area contributed by atoms with E-state index < -0.39 is 15.8 Å². The number of rotatable bonds is 7. The van der Waals surface area contributed by atoms with Crippen molar-refractivity contribution in [2.24, 2.45) is 5.10 Å². The largest absolute Gasteiger partial charge is 0.459 e. The van der Waals surface area contributed by atoms with Crippen molar-refractivity contribution in [1.82, 2.24) is 10.4 Å². The van der Waals surface area contributed by atoms with Crippen LogP contribution in [0.25, 0.3) is 10.2 Å². The van der Waals surface area contributed by atoms with E-state index in [1.54, 1.807) is 24.3 Å². The van der Waals surface area contributed by atoms with Crippen LogP contribution in [-0.2, 0) is 0 Å². The summed E-state index contributed by atoms with van der Waals surface area (Å²) in [5.74, 6) is -0.468. The van der Waals surface area contributed by atoms with E-state index in [0.29, 0.717) is 25.0 Å². The average molecular weight is 469 g/mol. The van der Waals surface area contributed by atoms with Crippen LogP contribution in [0.2, 0.25) is 0 Å². The van der Waals surface area contributed by atoms with Crippen molar-refractivity contribution < 1.29 is 19.1 Å². The van der Waals surface area contributed by atoms with Crippen LogP contribution in [0.1, 0.15) is 16.1 Å². The summed E-state index contributed by atoms with van der Waals surface area (Å²) in [6.45, 7) is 0. The molecule has 1 N–H and O–H groups in total. The van der Waals surface area contributed by atoms with Crippen LogP contribution >= 0.6 is 23.1 Å². The van der Waals surface area contributed by atoms with Crippen molar-refractivity contribution in [3.05, 3.63) is 86.3 Å². The molecule has 11 nitrogen and oxygen atoms in total. The van der Waals surface area contributed by atoms with Gasteiger partial charge in [0.1, 0.15) is 0 Å². The summed E-state index contributed by atoms with van der Waals surface area (Å²) >= 11 is 2.29. The predicted molar refractivity (Wildman–Crippen MR) is 117 cm³/mol. The molecule has 0 fully saturated rings.